The lowest BCUT2D eigenvalue weighted by molar-refractivity contribution is -0.384. The molecule has 0 aliphatic rings. The van der Waals surface area contributed by atoms with Crippen molar-refractivity contribution in [3.63, 3.8) is 0 Å². The maximum absolute atomic E-state index is 12.3. The summed E-state index contributed by atoms with van der Waals surface area (Å²) in [6.07, 6.45) is 2.63. The summed E-state index contributed by atoms with van der Waals surface area (Å²) in [5.74, 6) is 0.115. The Morgan fingerprint density at radius 3 is 2.88 bits per heavy atom. The van der Waals surface area contributed by atoms with Gasteiger partial charge in [-0.2, -0.15) is 0 Å². The van der Waals surface area contributed by atoms with Crippen LogP contribution in [0.3, 0.4) is 0 Å². The van der Waals surface area contributed by atoms with E-state index in [1.807, 2.05) is 35.7 Å². The Morgan fingerprint density at radius 2 is 2.15 bits per heavy atom. The monoisotopic (exact) mass is 354 g/mol. The number of nitrogens with zero attached hydrogens (tertiary/aromatic N) is 3. The smallest absolute Gasteiger partial charge is 0.271 e. The molecule has 0 saturated carbocycles. The minimum atomic E-state index is -0.517. The summed E-state index contributed by atoms with van der Waals surface area (Å²) in [6, 6.07) is 9.80. The quantitative estimate of drug-likeness (QED) is 0.541. The molecule has 2 heterocycles. The van der Waals surface area contributed by atoms with Crippen LogP contribution in [0.25, 0.3) is 5.65 Å². The topological polar surface area (TPSA) is 98.8 Å². The molecule has 3 rings (SSSR count). The second-order valence-corrected chi connectivity index (χ2v) is 5.76. The number of carbonyl (C=O) groups is 1. The van der Waals surface area contributed by atoms with Gasteiger partial charge in [-0.05, 0) is 31.5 Å². The molecule has 0 spiro atoms. The third kappa shape index (κ3) is 3.49. The van der Waals surface area contributed by atoms with Crippen LogP contribution in [0.2, 0.25) is 0 Å². The zero-order valence-electron chi connectivity index (χ0n) is 14.4. The highest BCUT2D eigenvalue weighted by Gasteiger charge is 2.15. The predicted octanol–water partition coefficient (Wildman–Crippen LogP) is 3.13. The van der Waals surface area contributed by atoms with Crippen LogP contribution in [0.5, 0.6) is 5.75 Å². The van der Waals surface area contributed by atoms with Gasteiger partial charge in [0.2, 0.25) is 5.91 Å². The van der Waals surface area contributed by atoms with E-state index in [2.05, 4.69) is 10.3 Å². The number of nitrogens with one attached hydrogen (secondary N) is 1. The molecule has 0 radical (unpaired) electrons. The van der Waals surface area contributed by atoms with E-state index in [1.54, 1.807) is 0 Å². The van der Waals surface area contributed by atoms with E-state index in [4.69, 9.17) is 4.74 Å². The number of imidazole rings is 1. The van der Waals surface area contributed by atoms with Crippen molar-refractivity contribution in [1.82, 2.24) is 9.38 Å². The third-order valence-corrected chi connectivity index (χ3v) is 4.09. The second kappa shape index (κ2) is 7.22. The summed E-state index contributed by atoms with van der Waals surface area (Å²) in [5.41, 5.74) is 2.83. The molecule has 134 valence electrons. The minimum absolute atomic E-state index is 0.112. The van der Waals surface area contributed by atoms with Gasteiger partial charge in [-0.3, -0.25) is 14.9 Å². The number of nitro benzene ring substituents is 1. The van der Waals surface area contributed by atoms with Crippen LogP contribution in [0.15, 0.2) is 42.6 Å². The number of anilines is 1. The van der Waals surface area contributed by atoms with Crippen LogP contribution in [0.4, 0.5) is 11.4 Å². The van der Waals surface area contributed by atoms with Crippen molar-refractivity contribution in [1.29, 1.82) is 0 Å². The zero-order chi connectivity index (χ0) is 18.7. The van der Waals surface area contributed by atoms with Crippen molar-refractivity contribution in [3.05, 3.63) is 64.1 Å². The van der Waals surface area contributed by atoms with E-state index in [9.17, 15) is 14.9 Å². The molecule has 0 aliphatic heterocycles. The average molecular weight is 354 g/mol. The molecule has 3 aromatic rings. The zero-order valence-corrected chi connectivity index (χ0v) is 14.4. The molecule has 0 atom stereocenters. The van der Waals surface area contributed by atoms with Gasteiger partial charge < -0.3 is 14.5 Å². The maximum atomic E-state index is 12.3. The Bertz CT molecular complexity index is 980. The van der Waals surface area contributed by atoms with Crippen molar-refractivity contribution in [2.24, 2.45) is 0 Å². The first-order valence-corrected chi connectivity index (χ1v) is 8.04. The number of rotatable bonds is 6. The number of pyridine rings is 1. The first-order valence-electron chi connectivity index (χ1n) is 8.04. The van der Waals surface area contributed by atoms with Gasteiger partial charge >= 0.3 is 0 Å². The summed E-state index contributed by atoms with van der Waals surface area (Å²) in [6.45, 7) is 1.91. The lowest BCUT2D eigenvalue weighted by Gasteiger charge is -2.10. The lowest BCUT2D eigenvalue weighted by atomic mass is 10.2. The Labute approximate surface area is 149 Å². The number of ether oxygens (including phenoxy) is 1. The van der Waals surface area contributed by atoms with Crippen LogP contribution in [0, 0.1) is 17.0 Å². The molecule has 0 aliphatic carbocycles. The predicted molar refractivity (Wildman–Crippen MR) is 96.5 cm³/mol. The van der Waals surface area contributed by atoms with Gasteiger partial charge in [0.25, 0.3) is 5.69 Å². The summed E-state index contributed by atoms with van der Waals surface area (Å²) >= 11 is 0. The lowest BCUT2D eigenvalue weighted by Crippen LogP contribution is -2.14. The Balaban J connectivity index is 1.74. The number of aryl methyl sites for hydroxylation is 2. The largest absolute Gasteiger partial charge is 0.495 e. The van der Waals surface area contributed by atoms with Crippen LogP contribution in [0.1, 0.15) is 17.8 Å². The number of non-ortho nitro benzene ring substituents is 1. The highest BCUT2D eigenvalue weighted by atomic mass is 16.6. The van der Waals surface area contributed by atoms with E-state index in [1.165, 1.54) is 25.3 Å². The van der Waals surface area contributed by atoms with Gasteiger partial charge in [-0.25, -0.2) is 4.98 Å². The van der Waals surface area contributed by atoms with Gasteiger partial charge in [0.1, 0.15) is 11.4 Å². The van der Waals surface area contributed by atoms with E-state index in [-0.39, 0.29) is 23.7 Å². The number of carbonyl (C=O) groups excluding carboxylic acids is 1. The summed E-state index contributed by atoms with van der Waals surface area (Å²) in [4.78, 5) is 27.2. The van der Waals surface area contributed by atoms with Gasteiger partial charge in [-0.15, -0.1) is 0 Å². The molecule has 1 aromatic carbocycles. The molecule has 8 nitrogen and oxygen atoms in total. The number of methoxy groups -OCH3 is 1. The number of fused-ring (bicyclic) bond motifs is 1. The molecular formula is C18H18N4O4. The molecule has 8 heteroatoms. The fourth-order valence-corrected chi connectivity index (χ4v) is 2.82. The van der Waals surface area contributed by atoms with Gasteiger partial charge in [0.05, 0.1) is 23.4 Å². The number of hydrogen-bond acceptors (Lipinski definition) is 5. The Hall–Kier alpha value is -3.42. The molecule has 26 heavy (non-hydrogen) atoms. The van der Waals surface area contributed by atoms with Crippen molar-refractivity contribution in [3.8, 4) is 5.75 Å². The number of hydrogen-bond donors (Lipinski definition) is 1. The third-order valence-electron chi connectivity index (χ3n) is 4.09. The minimum Gasteiger partial charge on any atom is -0.495 e. The fraction of sp³-hybridized carbons (Fsp3) is 0.222. The molecule has 0 unspecified atom stereocenters. The summed E-state index contributed by atoms with van der Waals surface area (Å²) in [5, 5.41) is 13.6. The number of amides is 1. The SMILES string of the molecule is COc1ccc([N+](=O)[O-])cc1NC(=O)CCc1c(C)nc2ccccn12. The number of aromatic nitrogens is 2. The van der Waals surface area contributed by atoms with Crippen LogP contribution >= 0.6 is 0 Å². The van der Waals surface area contributed by atoms with Gasteiger partial charge in [-0.1, -0.05) is 6.07 Å². The van der Waals surface area contributed by atoms with E-state index in [0.717, 1.165) is 17.0 Å². The highest BCUT2D eigenvalue weighted by Crippen LogP contribution is 2.29. The molecule has 0 saturated heterocycles. The van der Waals surface area contributed by atoms with Crippen LogP contribution in [-0.2, 0) is 11.2 Å². The van der Waals surface area contributed by atoms with Crippen LogP contribution in [-0.4, -0.2) is 27.3 Å². The molecule has 0 fully saturated rings. The Kier molecular flexibility index (Phi) is 4.83. The average Bonchev–Trinajstić information content (AvgIpc) is 2.95. The van der Waals surface area contributed by atoms with Crippen LogP contribution < -0.4 is 10.1 Å². The molecule has 1 N–H and O–H groups in total. The van der Waals surface area contributed by atoms with Crippen molar-refractivity contribution in [2.45, 2.75) is 19.8 Å². The standard InChI is InChI=1S/C18H18N4O4/c1-12-15(21-10-4-3-5-17(21)19-12)7-9-18(23)20-14-11-13(22(24)25)6-8-16(14)26-2/h3-6,8,10-11H,7,9H2,1-2H3,(H,20,23). The normalized spacial score (nSPS) is 10.7. The van der Waals surface area contributed by atoms with E-state index >= 15 is 0 Å². The molecular weight excluding hydrogens is 336 g/mol. The van der Waals surface area contributed by atoms with Crippen molar-refractivity contribution in [2.75, 3.05) is 12.4 Å². The number of benzene rings is 1. The van der Waals surface area contributed by atoms with Crippen molar-refractivity contribution >= 4 is 22.9 Å². The van der Waals surface area contributed by atoms with Gasteiger partial charge in [0, 0.05) is 30.4 Å². The first-order chi connectivity index (χ1) is 12.5. The summed E-state index contributed by atoms with van der Waals surface area (Å²) in [7, 11) is 1.44. The second-order valence-electron chi connectivity index (χ2n) is 5.76. The Morgan fingerprint density at radius 1 is 1.35 bits per heavy atom. The van der Waals surface area contributed by atoms with Crippen molar-refractivity contribution < 1.29 is 14.5 Å². The highest BCUT2D eigenvalue weighted by molar-refractivity contribution is 5.92. The molecule has 2 aromatic heterocycles. The van der Waals surface area contributed by atoms with Gasteiger partial charge in [0.15, 0.2) is 0 Å². The first kappa shape index (κ1) is 17.4. The molecule has 0 bridgehead atoms. The summed E-state index contributed by atoms with van der Waals surface area (Å²) < 4.78 is 7.11. The van der Waals surface area contributed by atoms with E-state index in [0.29, 0.717) is 12.2 Å². The fourth-order valence-electron chi connectivity index (χ4n) is 2.82. The molecule has 1 amide bonds. The number of nitro groups is 1. The van der Waals surface area contributed by atoms with E-state index < -0.39 is 4.92 Å². The maximum Gasteiger partial charge on any atom is 0.271 e.